The van der Waals surface area contributed by atoms with Crippen LogP contribution >= 0.6 is 0 Å². The van der Waals surface area contributed by atoms with Crippen LogP contribution in [-0.2, 0) is 9.53 Å². The highest BCUT2D eigenvalue weighted by Crippen LogP contribution is 2.35. The van der Waals surface area contributed by atoms with Gasteiger partial charge < -0.3 is 23.8 Å². The van der Waals surface area contributed by atoms with Gasteiger partial charge in [-0.2, -0.15) is 0 Å². The van der Waals surface area contributed by atoms with Crippen molar-refractivity contribution in [2.24, 2.45) is 0 Å². The van der Waals surface area contributed by atoms with Crippen molar-refractivity contribution in [1.82, 2.24) is 4.90 Å². The zero-order valence-electron chi connectivity index (χ0n) is 18.2. The maximum atomic E-state index is 13.6. The molecule has 0 N–H and O–H groups in total. The number of hydrogen-bond donors (Lipinski definition) is 0. The van der Waals surface area contributed by atoms with E-state index in [9.17, 15) is 4.79 Å². The first-order chi connectivity index (χ1) is 16.3. The predicted molar refractivity (Wildman–Crippen MR) is 125 cm³/mol. The van der Waals surface area contributed by atoms with Crippen molar-refractivity contribution in [3.8, 4) is 17.2 Å². The average molecular weight is 443 g/mol. The van der Waals surface area contributed by atoms with Crippen LogP contribution in [0.4, 0.5) is 0 Å². The summed E-state index contributed by atoms with van der Waals surface area (Å²) in [7, 11) is 0. The van der Waals surface area contributed by atoms with Crippen LogP contribution in [0.25, 0.3) is 11.6 Å². The molecule has 0 aliphatic carbocycles. The maximum Gasteiger partial charge on any atom is 0.254 e. The van der Waals surface area contributed by atoms with Crippen molar-refractivity contribution in [1.29, 1.82) is 0 Å². The minimum atomic E-state index is -0.220. The number of nitrogens with zero attached hydrogens (tertiary/aromatic N) is 1. The van der Waals surface area contributed by atoms with Gasteiger partial charge in [0.15, 0.2) is 11.5 Å². The standard InChI is InChI=1S/C27H25NO5/c29-27(24(21-9-5-2-6-10-21)15-20-7-3-1-4-8-20)28-13-14-30-23(17-28)18-31-22-11-12-25-26(16-22)33-19-32-25/h1-12,15-16,23H,13-14,17-19H2. The van der Waals surface area contributed by atoms with E-state index in [-0.39, 0.29) is 18.8 Å². The molecule has 1 amide bonds. The summed E-state index contributed by atoms with van der Waals surface area (Å²) in [6, 6.07) is 25.2. The molecule has 33 heavy (non-hydrogen) atoms. The van der Waals surface area contributed by atoms with E-state index < -0.39 is 0 Å². The van der Waals surface area contributed by atoms with Gasteiger partial charge in [-0.25, -0.2) is 0 Å². The summed E-state index contributed by atoms with van der Waals surface area (Å²) < 4.78 is 22.6. The normalized spacial score (nSPS) is 17.6. The quantitative estimate of drug-likeness (QED) is 0.421. The number of carbonyl (C=O) groups excluding carboxylic acids is 1. The Morgan fingerprint density at radius 1 is 0.970 bits per heavy atom. The zero-order chi connectivity index (χ0) is 22.5. The fourth-order valence-corrected chi connectivity index (χ4v) is 3.93. The van der Waals surface area contributed by atoms with Crippen LogP contribution < -0.4 is 14.2 Å². The third-order valence-electron chi connectivity index (χ3n) is 5.63. The van der Waals surface area contributed by atoms with E-state index in [0.29, 0.717) is 49.1 Å². The fraction of sp³-hybridized carbons (Fsp3) is 0.222. The first kappa shape index (κ1) is 21.1. The number of hydrogen-bond acceptors (Lipinski definition) is 5. The Balaban J connectivity index is 1.29. The molecule has 5 rings (SSSR count). The van der Waals surface area contributed by atoms with Crippen LogP contribution in [0.15, 0.2) is 78.9 Å². The summed E-state index contributed by atoms with van der Waals surface area (Å²) in [6.07, 6.45) is 1.73. The van der Waals surface area contributed by atoms with Gasteiger partial charge in [0.05, 0.1) is 13.2 Å². The van der Waals surface area contributed by atoms with E-state index in [0.717, 1.165) is 11.1 Å². The number of ether oxygens (including phenoxy) is 4. The van der Waals surface area contributed by atoms with Gasteiger partial charge in [-0.1, -0.05) is 60.7 Å². The molecule has 2 heterocycles. The van der Waals surface area contributed by atoms with E-state index in [1.165, 1.54) is 0 Å². The molecular formula is C27H25NO5. The molecule has 0 radical (unpaired) electrons. The Hall–Kier alpha value is -3.77. The molecular weight excluding hydrogens is 418 g/mol. The second-order valence-electron chi connectivity index (χ2n) is 7.90. The average Bonchev–Trinajstić information content (AvgIpc) is 3.35. The van der Waals surface area contributed by atoms with Gasteiger partial charge >= 0.3 is 0 Å². The summed E-state index contributed by atoms with van der Waals surface area (Å²) in [5.41, 5.74) is 2.55. The molecule has 1 unspecified atom stereocenters. The van der Waals surface area contributed by atoms with Crippen molar-refractivity contribution in [2.75, 3.05) is 33.1 Å². The SMILES string of the molecule is O=C(C(=Cc1ccccc1)c1ccccc1)N1CCOC(COc2ccc3c(c2)OCO3)C1. The Morgan fingerprint density at radius 3 is 2.55 bits per heavy atom. The Kier molecular flexibility index (Phi) is 6.26. The molecule has 0 saturated carbocycles. The highest BCUT2D eigenvalue weighted by Gasteiger charge is 2.27. The van der Waals surface area contributed by atoms with Crippen molar-refractivity contribution in [3.63, 3.8) is 0 Å². The number of carbonyl (C=O) groups is 1. The molecule has 0 spiro atoms. The highest BCUT2D eigenvalue weighted by molar-refractivity contribution is 6.24. The fourth-order valence-electron chi connectivity index (χ4n) is 3.93. The van der Waals surface area contributed by atoms with Gasteiger partial charge in [0.25, 0.3) is 5.91 Å². The Bertz CT molecular complexity index is 1130. The van der Waals surface area contributed by atoms with E-state index in [1.807, 2.05) is 89.8 Å². The molecule has 6 nitrogen and oxygen atoms in total. The van der Waals surface area contributed by atoms with Crippen LogP contribution in [0.2, 0.25) is 0 Å². The minimum absolute atomic E-state index is 0.0126. The van der Waals surface area contributed by atoms with E-state index >= 15 is 0 Å². The smallest absolute Gasteiger partial charge is 0.254 e. The van der Waals surface area contributed by atoms with Crippen molar-refractivity contribution < 1.29 is 23.7 Å². The van der Waals surface area contributed by atoms with Gasteiger partial charge in [-0.15, -0.1) is 0 Å². The van der Waals surface area contributed by atoms with Crippen LogP contribution in [0.3, 0.4) is 0 Å². The number of fused-ring (bicyclic) bond motifs is 1. The zero-order valence-corrected chi connectivity index (χ0v) is 18.2. The number of benzene rings is 3. The van der Waals surface area contributed by atoms with Crippen molar-refractivity contribution in [2.45, 2.75) is 6.10 Å². The monoisotopic (exact) mass is 443 g/mol. The number of amides is 1. The summed E-state index contributed by atoms with van der Waals surface area (Å²) in [6.45, 7) is 2.03. The molecule has 1 atom stereocenters. The van der Waals surface area contributed by atoms with Crippen LogP contribution in [0.1, 0.15) is 11.1 Å². The van der Waals surface area contributed by atoms with Gasteiger partial charge in [-0.3, -0.25) is 4.79 Å². The summed E-state index contributed by atoms with van der Waals surface area (Å²) in [5.74, 6) is 2.06. The molecule has 3 aromatic carbocycles. The summed E-state index contributed by atoms with van der Waals surface area (Å²) >= 11 is 0. The molecule has 6 heteroatoms. The lowest BCUT2D eigenvalue weighted by Crippen LogP contribution is -2.47. The Labute approximate surface area is 193 Å². The number of rotatable bonds is 6. The van der Waals surface area contributed by atoms with Gasteiger partial charge in [0.2, 0.25) is 6.79 Å². The molecule has 3 aromatic rings. The predicted octanol–water partition coefficient (Wildman–Crippen LogP) is 4.26. The lowest BCUT2D eigenvalue weighted by Gasteiger charge is -2.33. The van der Waals surface area contributed by atoms with E-state index in [4.69, 9.17) is 18.9 Å². The van der Waals surface area contributed by atoms with E-state index in [1.54, 1.807) is 0 Å². The maximum absolute atomic E-state index is 13.6. The molecule has 168 valence electrons. The van der Waals surface area contributed by atoms with Crippen LogP contribution in [0, 0.1) is 0 Å². The van der Waals surface area contributed by atoms with Gasteiger partial charge in [0, 0.05) is 18.2 Å². The summed E-state index contributed by atoms with van der Waals surface area (Å²) in [5, 5.41) is 0. The second kappa shape index (κ2) is 9.79. The molecule has 2 aliphatic heterocycles. The second-order valence-corrected chi connectivity index (χ2v) is 7.90. The first-order valence-corrected chi connectivity index (χ1v) is 11.0. The molecule has 0 bridgehead atoms. The first-order valence-electron chi connectivity index (χ1n) is 11.0. The van der Waals surface area contributed by atoms with Crippen LogP contribution in [0.5, 0.6) is 17.2 Å². The number of morpholine rings is 1. The van der Waals surface area contributed by atoms with Gasteiger partial charge in [0.1, 0.15) is 18.5 Å². The molecule has 0 aromatic heterocycles. The topological polar surface area (TPSA) is 57.2 Å². The largest absolute Gasteiger partial charge is 0.491 e. The van der Waals surface area contributed by atoms with Crippen molar-refractivity contribution >= 4 is 17.6 Å². The molecule has 2 aliphatic rings. The minimum Gasteiger partial charge on any atom is -0.491 e. The van der Waals surface area contributed by atoms with Gasteiger partial charge in [-0.05, 0) is 29.3 Å². The lowest BCUT2D eigenvalue weighted by atomic mass is 10.0. The summed E-state index contributed by atoms with van der Waals surface area (Å²) in [4.78, 5) is 15.4. The van der Waals surface area contributed by atoms with Crippen molar-refractivity contribution in [3.05, 3.63) is 90.0 Å². The lowest BCUT2D eigenvalue weighted by molar-refractivity contribution is -0.133. The molecule has 1 saturated heterocycles. The molecule has 1 fully saturated rings. The van der Waals surface area contributed by atoms with E-state index in [2.05, 4.69) is 0 Å². The Morgan fingerprint density at radius 2 is 1.73 bits per heavy atom. The van der Waals surface area contributed by atoms with Crippen LogP contribution in [-0.4, -0.2) is 50.0 Å². The third-order valence-corrected chi connectivity index (χ3v) is 5.63. The highest BCUT2D eigenvalue weighted by atomic mass is 16.7. The third kappa shape index (κ3) is 5.02.